The van der Waals surface area contributed by atoms with Gasteiger partial charge in [-0.25, -0.2) is 4.39 Å². The molecule has 0 aliphatic rings. The highest BCUT2D eigenvalue weighted by atomic mass is 19.1. The molecule has 0 unspecified atom stereocenters. The summed E-state index contributed by atoms with van der Waals surface area (Å²) in [5.41, 5.74) is 7.17. The van der Waals surface area contributed by atoms with Crippen molar-refractivity contribution in [3.63, 3.8) is 0 Å². The van der Waals surface area contributed by atoms with Crippen LogP contribution in [0.25, 0.3) is 0 Å². The zero-order valence-electron chi connectivity index (χ0n) is 11.7. The number of anilines is 1. The third-order valence-corrected chi connectivity index (χ3v) is 4.03. The molecule has 0 amide bonds. The summed E-state index contributed by atoms with van der Waals surface area (Å²) >= 11 is 0. The molecule has 0 spiro atoms. The lowest BCUT2D eigenvalue weighted by Gasteiger charge is -2.37. The Kier molecular flexibility index (Phi) is 5.60. The summed E-state index contributed by atoms with van der Waals surface area (Å²) in [6.07, 6.45) is 2.13. The van der Waals surface area contributed by atoms with Crippen LogP contribution < -0.4 is 10.6 Å². The molecule has 2 nitrogen and oxygen atoms in total. The van der Waals surface area contributed by atoms with Gasteiger partial charge in [-0.15, -0.1) is 0 Å². The minimum atomic E-state index is -0.189. The van der Waals surface area contributed by atoms with E-state index in [0.717, 1.165) is 31.6 Å². The van der Waals surface area contributed by atoms with Crippen LogP contribution in [-0.4, -0.2) is 19.6 Å². The smallest absolute Gasteiger partial charge is 0.123 e. The molecule has 18 heavy (non-hydrogen) atoms. The fourth-order valence-corrected chi connectivity index (χ4v) is 2.27. The predicted octanol–water partition coefficient (Wildman–Crippen LogP) is 3.42. The minimum absolute atomic E-state index is 0.157. The van der Waals surface area contributed by atoms with E-state index >= 15 is 0 Å². The molecular weight excluding hydrogens is 227 g/mol. The maximum Gasteiger partial charge on any atom is 0.123 e. The van der Waals surface area contributed by atoms with Crippen LogP contribution in [0.2, 0.25) is 0 Å². The molecule has 3 heteroatoms. The molecule has 0 aromatic heterocycles. The second-order valence-corrected chi connectivity index (χ2v) is 4.90. The lowest BCUT2D eigenvalue weighted by molar-refractivity contribution is 0.277. The van der Waals surface area contributed by atoms with Crippen molar-refractivity contribution in [1.82, 2.24) is 0 Å². The summed E-state index contributed by atoms with van der Waals surface area (Å²) in [5.74, 6) is -0.189. The fourth-order valence-electron chi connectivity index (χ4n) is 2.27. The third kappa shape index (κ3) is 3.45. The first-order valence-corrected chi connectivity index (χ1v) is 6.81. The summed E-state index contributed by atoms with van der Waals surface area (Å²) in [7, 11) is 0. The normalized spacial score (nSPS) is 11.6. The lowest BCUT2D eigenvalue weighted by Crippen LogP contribution is -2.42. The average Bonchev–Trinajstić information content (AvgIpc) is 2.42. The van der Waals surface area contributed by atoms with Gasteiger partial charge in [0.1, 0.15) is 5.82 Å². The van der Waals surface area contributed by atoms with Crippen molar-refractivity contribution in [2.45, 2.75) is 33.6 Å². The van der Waals surface area contributed by atoms with E-state index in [4.69, 9.17) is 5.73 Å². The monoisotopic (exact) mass is 252 g/mol. The molecule has 1 aromatic rings. The highest BCUT2D eigenvalue weighted by Crippen LogP contribution is 2.28. The Hall–Kier alpha value is -1.09. The molecule has 0 aliphatic heterocycles. The van der Waals surface area contributed by atoms with Gasteiger partial charge in [0.15, 0.2) is 0 Å². The number of nitrogens with two attached hydrogens (primary N) is 1. The minimum Gasteiger partial charge on any atom is -0.371 e. The second kappa shape index (κ2) is 6.74. The number of nitrogens with zero attached hydrogens (tertiary/aromatic N) is 1. The van der Waals surface area contributed by atoms with Crippen molar-refractivity contribution < 1.29 is 4.39 Å². The molecule has 0 bridgehead atoms. The molecule has 0 aliphatic carbocycles. The van der Waals surface area contributed by atoms with E-state index < -0.39 is 0 Å². The SMILES string of the molecule is CCN(CC(CC)(CC)CN)c1ccc(F)cc1. The van der Waals surface area contributed by atoms with E-state index in [9.17, 15) is 4.39 Å². The molecular formula is C15H25FN2. The number of hydrogen-bond acceptors (Lipinski definition) is 2. The number of hydrogen-bond donors (Lipinski definition) is 1. The standard InChI is InChI=1S/C15H25FN2/c1-4-15(5-2,11-17)12-18(6-3)14-9-7-13(16)8-10-14/h7-10H,4-6,11-12,17H2,1-3H3. The van der Waals surface area contributed by atoms with Gasteiger partial charge in [0, 0.05) is 18.8 Å². The van der Waals surface area contributed by atoms with Gasteiger partial charge in [0.25, 0.3) is 0 Å². The topological polar surface area (TPSA) is 29.3 Å². The molecule has 102 valence electrons. The quantitative estimate of drug-likeness (QED) is 0.805. The summed E-state index contributed by atoms with van der Waals surface area (Å²) in [6, 6.07) is 6.71. The van der Waals surface area contributed by atoms with Crippen molar-refractivity contribution in [2.24, 2.45) is 11.1 Å². The lowest BCUT2D eigenvalue weighted by atomic mass is 9.81. The highest BCUT2D eigenvalue weighted by Gasteiger charge is 2.27. The van der Waals surface area contributed by atoms with Crippen LogP contribution in [0.4, 0.5) is 10.1 Å². The van der Waals surface area contributed by atoms with E-state index in [2.05, 4.69) is 25.7 Å². The molecule has 2 N–H and O–H groups in total. The van der Waals surface area contributed by atoms with Gasteiger partial charge in [-0.1, -0.05) is 13.8 Å². The zero-order chi connectivity index (χ0) is 13.6. The van der Waals surface area contributed by atoms with Gasteiger partial charge in [-0.05, 0) is 56.0 Å². The summed E-state index contributed by atoms with van der Waals surface area (Å²) in [5, 5.41) is 0. The van der Waals surface area contributed by atoms with Crippen LogP contribution in [0.15, 0.2) is 24.3 Å². The van der Waals surface area contributed by atoms with E-state index in [-0.39, 0.29) is 11.2 Å². The van der Waals surface area contributed by atoms with Gasteiger partial charge in [0.2, 0.25) is 0 Å². The van der Waals surface area contributed by atoms with Crippen LogP contribution in [0, 0.1) is 11.2 Å². The van der Waals surface area contributed by atoms with E-state index in [0.29, 0.717) is 6.54 Å². The first-order valence-electron chi connectivity index (χ1n) is 6.81. The molecule has 1 aromatic carbocycles. The van der Waals surface area contributed by atoms with E-state index in [1.807, 2.05) is 12.1 Å². The molecule has 0 saturated carbocycles. The maximum atomic E-state index is 13.0. The Morgan fingerprint density at radius 3 is 2.06 bits per heavy atom. The molecule has 1 rings (SSSR count). The zero-order valence-corrected chi connectivity index (χ0v) is 11.7. The summed E-state index contributed by atoms with van der Waals surface area (Å²) in [4.78, 5) is 2.28. The Bertz CT molecular complexity index is 336. The summed E-state index contributed by atoms with van der Waals surface area (Å²) in [6.45, 7) is 9.03. The van der Waals surface area contributed by atoms with E-state index in [1.165, 1.54) is 12.1 Å². The second-order valence-electron chi connectivity index (χ2n) is 4.90. The van der Waals surface area contributed by atoms with Gasteiger partial charge < -0.3 is 10.6 Å². The molecule has 0 heterocycles. The largest absolute Gasteiger partial charge is 0.371 e. The Morgan fingerprint density at radius 2 is 1.67 bits per heavy atom. The van der Waals surface area contributed by atoms with Crippen molar-refractivity contribution in [3.8, 4) is 0 Å². The first kappa shape index (κ1) is 15.0. The Balaban J connectivity index is 2.86. The van der Waals surface area contributed by atoms with Gasteiger partial charge in [0.05, 0.1) is 0 Å². The number of benzene rings is 1. The third-order valence-electron chi connectivity index (χ3n) is 4.03. The molecule has 0 atom stereocenters. The fraction of sp³-hybridized carbons (Fsp3) is 0.600. The Labute approximate surface area is 110 Å². The number of halogens is 1. The van der Waals surface area contributed by atoms with Gasteiger partial charge >= 0.3 is 0 Å². The maximum absolute atomic E-state index is 13.0. The van der Waals surface area contributed by atoms with Crippen molar-refractivity contribution >= 4 is 5.69 Å². The summed E-state index contributed by atoms with van der Waals surface area (Å²) < 4.78 is 13.0. The molecule has 0 fully saturated rings. The van der Waals surface area contributed by atoms with Gasteiger partial charge in [-0.3, -0.25) is 0 Å². The molecule has 0 radical (unpaired) electrons. The van der Waals surface area contributed by atoms with Crippen LogP contribution in [0.5, 0.6) is 0 Å². The number of rotatable bonds is 7. The van der Waals surface area contributed by atoms with Crippen LogP contribution in [0.1, 0.15) is 33.6 Å². The van der Waals surface area contributed by atoms with Crippen LogP contribution in [0.3, 0.4) is 0 Å². The highest BCUT2D eigenvalue weighted by molar-refractivity contribution is 5.46. The first-order chi connectivity index (χ1) is 8.60. The van der Waals surface area contributed by atoms with Crippen LogP contribution in [-0.2, 0) is 0 Å². The van der Waals surface area contributed by atoms with Gasteiger partial charge in [-0.2, -0.15) is 0 Å². The van der Waals surface area contributed by atoms with Crippen molar-refractivity contribution in [3.05, 3.63) is 30.1 Å². The predicted molar refractivity (Wildman–Crippen MR) is 76.4 cm³/mol. The van der Waals surface area contributed by atoms with Crippen molar-refractivity contribution in [1.29, 1.82) is 0 Å². The average molecular weight is 252 g/mol. The van der Waals surface area contributed by atoms with E-state index in [1.54, 1.807) is 0 Å². The van der Waals surface area contributed by atoms with Crippen LogP contribution >= 0.6 is 0 Å². The Morgan fingerprint density at radius 1 is 1.11 bits per heavy atom. The van der Waals surface area contributed by atoms with Crippen molar-refractivity contribution in [2.75, 3.05) is 24.5 Å². The molecule has 0 saturated heterocycles.